The van der Waals surface area contributed by atoms with E-state index in [-0.39, 0.29) is 5.69 Å². The summed E-state index contributed by atoms with van der Waals surface area (Å²) in [6.07, 6.45) is 1.61. The predicted molar refractivity (Wildman–Crippen MR) is 97.7 cm³/mol. The van der Waals surface area contributed by atoms with Gasteiger partial charge in [0.1, 0.15) is 6.54 Å². The topological polar surface area (TPSA) is 66.5 Å². The SMILES string of the molecule is CCc1cccc(C)c1N(CC(=O)Nc1ccc(F)c(F)c1)S(C)(=O)=O. The molecular weight excluding hydrogens is 362 g/mol. The molecule has 0 radical (unpaired) electrons. The molecule has 26 heavy (non-hydrogen) atoms. The van der Waals surface area contributed by atoms with Gasteiger partial charge in [-0.3, -0.25) is 9.10 Å². The second kappa shape index (κ2) is 7.82. The van der Waals surface area contributed by atoms with Gasteiger partial charge in [-0.25, -0.2) is 17.2 Å². The molecule has 2 aromatic carbocycles. The molecular formula is C18H20F2N2O3S. The van der Waals surface area contributed by atoms with Gasteiger partial charge < -0.3 is 5.32 Å². The van der Waals surface area contributed by atoms with Crippen LogP contribution in [0, 0.1) is 18.6 Å². The Balaban J connectivity index is 2.32. The summed E-state index contributed by atoms with van der Waals surface area (Å²) in [4.78, 5) is 12.3. The van der Waals surface area contributed by atoms with Crippen LogP contribution in [0.2, 0.25) is 0 Å². The maximum Gasteiger partial charge on any atom is 0.245 e. The fourth-order valence-electron chi connectivity index (χ4n) is 2.63. The van der Waals surface area contributed by atoms with Crippen LogP contribution in [0.4, 0.5) is 20.2 Å². The van der Waals surface area contributed by atoms with E-state index < -0.39 is 34.1 Å². The monoisotopic (exact) mass is 382 g/mol. The number of carbonyl (C=O) groups excluding carboxylic acids is 1. The van der Waals surface area contributed by atoms with E-state index in [4.69, 9.17) is 0 Å². The number of aryl methyl sites for hydroxylation is 2. The van der Waals surface area contributed by atoms with E-state index in [0.717, 1.165) is 33.8 Å². The summed E-state index contributed by atoms with van der Waals surface area (Å²) in [5, 5.41) is 2.39. The van der Waals surface area contributed by atoms with E-state index in [1.807, 2.05) is 13.0 Å². The summed E-state index contributed by atoms with van der Waals surface area (Å²) in [6, 6.07) is 8.30. The normalized spacial score (nSPS) is 11.3. The van der Waals surface area contributed by atoms with E-state index in [0.29, 0.717) is 12.1 Å². The second-order valence-corrected chi connectivity index (χ2v) is 7.79. The van der Waals surface area contributed by atoms with Crippen molar-refractivity contribution in [2.24, 2.45) is 0 Å². The molecule has 0 bridgehead atoms. The number of anilines is 2. The van der Waals surface area contributed by atoms with E-state index in [1.165, 1.54) is 6.07 Å². The molecule has 0 spiro atoms. The Morgan fingerprint density at radius 3 is 2.42 bits per heavy atom. The molecule has 0 aliphatic carbocycles. The highest BCUT2D eigenvalue weighted by molar-refractivity contribution is 7.92. The molecule has 1 amide bonds. The molecule has 5 nitrogen and oxygen atoms in total. The van der Waals surface area contributed by atoms with E-state index in [2.05, 4.69) is 5.32 Å². The minimum absolute atomic E-state index is 0.0443. The van der Waals surface area contributed by atoms with Gasteiger partial charge in [-0.1, -0.05) is 25.1 Å². The fourth-order valence-corrected chi connectivity index (χ4v) is 3.57. The molecule has 0 heterocycles. The van der Waals surface area contributed by atoms with Crippen molar-refractivity contribution in [1.29, 1.82) is 0 Å². The quantitative estimate of drug-likeness (QED) is 0.834. The number of hydrogen-bond acceptors (Lipinski definition) is 3. The third kappa shape index (κ3) is 4.57. The van der Waals surface area contributed by atoms with Crippen LogP contribution in [0.15, 0.2) is 36.4 Å². The number of nitrogens with zero attached hydrogens (tertiary/aromatic N) is 1. The fraction of sp³-hybridized carbons (Fsp3) is 0.278. The molecule has 0 atom stereocenters. The van der Waals surface area contributed by atoms with Crippen LogP contribution in [0.3, 0.4) is 0 Å². The molecule has 8 heteroatoms. The first-order chi connectivity index (χ1) is 12.1. The lowest BCUT2D eigenvalue weighted by atomic mass is 10.1. The van der Waals surface area contributed by atoms with Gasteiger partial charge in [0.2, 0.25) is 15.9 Å². The van der Waals surface area contributed by atoms with Crippen molar-refractivity contribution in [3.05, 3.63) is 59.2 Å². The molecule has 0 saturated carbocycles. The average molecular weight is 382 g/mol. The van der Waals surface area contributed by atoms with Crippen LogP contribution < -0.4 is 9.62 Å². The molecule has 2 aromatic rings. The van der Waals surface area contributed by atoms with Crippen LogP contribution in [0.5, 0.6) is 0 Å². The minimum Gasteiger partial charge on any atom is -0.324 e. The Bertz CT molecular complexity index is 930. The van der Waals surface area contributed by atoms with Crippen LogP contribution in [-0.4, -0.2) is 27.1 Å². The number of halogens is 2. The standard InChI is InChI=1S/C18H20F2N2O3S/c1-4-13-7-5-6-12(2)18(13)22(26(3,24)25)11-17(23)21-14-8-9-15(19)16(20)10-14/h5-10H,4,11H2,1-3H3,(H,21,23). The van der Waals surface area contributed by atoms with E-state index in [9.17, 15) is 22.0 Å². The number of hydrogen-bond donors (Lipinski definition) is 1. The third-order valence-corrected chi connectivity index (χ3v) is 4.95. The Hall–Kier alpha value is -2.48. The first-order valence-electron chi connectivity index (χ1n) is 7.94. The van der Waals surface area contributed by atoms with Gasteiger partial charge in [-0.15, -0.1) is 0 Å². The molecule has 0 saturated heterocycles. The lowest BCUT2D eigenvalue weighted by Gasteiger charge is -2.26. The summed E-state index contributed by atoms with van der Waals surface area (Å²) < 4.78 is 51.8. The van der Waals surface area contributed by atoms with Gasteiger partial charge in [-0.2, -0.15) is 0 Å². The maximum absolute atomic E-state index is 13.3. The zero-order valence-electron chi connectivity index (χ0n) is 14.7. The molecule has 0 unspecified atom stereocenters. The molecule has 1 N–H and O–H groups in total. The number of amides is 1. The zero-order chi connectivity index (χ0) is 19.5. The Kier molecular flexibility index (Phi) is 5.97. The van der Waals surface area contributed by atoms with Crippen molar-refractivity contribution in [1.82, 2.24) is 0 Å². The number of para-hydroxylation sites is 1. The van der Waals surface area contributed by atoms with Crippen molar-refractivity contribution in [2.45, 2.75) is 20.3 Å². The summed E-state index contributed by atoms with van der Waals surface area (Å²) >= 11 is 0. The van der Waals surface area contributed by atoms with Gasteiger partial charge in [0.05, 0.1) is 11.9 Å². The maximum atomic E-state index is 13.3. The average Bonchev–Trinajstić information content (AvgIpc) is 2.55. The molecule has 0 aliphatic heterocycles. The summed E-state index contributed by atoms with van der Waals surface area (Å²) in [7, 11) is -3.74. The molecule has 0 aromatic heterocycles. The van der Waals surface area contributed by atoms with Gasteiger partial charge in [-0.05, 0) is 36.6 Å². The van der Waals surface area contributed by atoms with Crippen molar-refractivity contribution >= 4 is 27.3 Å². The predicted octanol–water partition coefficient (Wildman–Crippen LogP) is 3.24. The number of benzene rings is 2. The first-order valence-corrected chi connectivity index (χ1v) is 9.79. The number of carbonyl (C=O) groups is 1. The number of rotatable bonds is 6. The first kappa shape index (κ1) is 19.8. The van der Waals surface area contributed by atoms with Crippen molar-refractivity contribution in [3.8, 4) is 0 Å². The van der Waals surface area contributed by atoms with Gasteiger partial charge >= 0.3 is 0 Å². The van der Waals surface area contributed by atoms with Crippen molar-refractivity contribution in [3.63, 3.8) is 0 Å². The molecule has 2 rings (SSSR count). The van der Waals surface area contributed by atoms with Crippen LogP contribution >= 0.6 is 0 Å². The third-order valence-electron chi connectivity index (χ3n) is 3.84. The number of sulfonamides is 1. The van der Waals surface area contributed by atoms with Crippen molar-refractivity contribution in [2.75, 3.05) is 22.4 Å². The molecule has 0 aliphatic rings. The summed E-state index contributed by atoms with van der Waals surface area (Å²) in [6.45, 7) is 3.18. The highest BCUT2D eigenvalue weighted by Crippen LogP contribution is 2.28. The smallest absolute Gasteiger partial charge is 0.245 e. The van der Waals surface area contributed by atoms with Crippen LogP contribution in [-0.2, 0) is 21.2 Å². The summed E-state index contributed by atoms with van der Waals surface area (Å²) in [5.41, 5.74) is 2.01. The molecule has 0 fully saturated rings. The Morgan fingerprint density at radius 2 is 1.85 bits per heavy atom. The minimum atomic E-state index is -3.74. The largest absolute Gasteiger partial charge is 0.324 e. The van der Waals surface area contributed by atoms with Crippen molar-refractivity contribution < 1.29 is 22.0 Å². The van der Waals surface area contributed by atoms with E-state index in [1.54, 1.807) is 19.1 Å². The lowest BCUT2D eigenvalue weighted by molar-refractivity contribution is -0.114. The Labute approximate surface area is 151 Å². The van der Waals surface area contributed by atoms with Gasteiger partial charge in [0.15, 0.2) is 11.6 Å². The zero-order valence-corrected chi connectivity index (χ0v) is 15.5. The van der Waals surface area contributed by atoms with Crippen LogP contribution in [0.25, 0.3) is 0 Å². The van der Waals surface area contributed by atoms with Crippen LogP contribution in [0.1, 0.15) is 18.1 Å². The highest BCUT2D eigenvalue weighted by atomic mass is 32.2. The van der Waals surface area contributed by atoms with E-state index >= 15 is 0 Å². The second-order valence-electron chi connectivity index (χ2n) is 5.88. The highest BCUT2D eigenvalue weighted by Gasteiger charge is 2.24. The summed E-state index contributed by atoms with van der Waals surface area (Å²) in [5.74, 6) is -2.80. The van der Waals surface area contributed by atoms with Gasteiger partial charge in [0, 0.05) is 11.8 Å². The van der Waals surface area contributed by atoms with Gasteiger partial charge in [0.25, 0.3) is 0 Å². The molecule has 140 valence electrons. The Morgan fingerprint density at radius 1 is 1.15 bits per heavy atom. The lowest BCUT2D eigenvalue weighted by Crippen LogP contribution is -2.38. The number of nitrogens with one attached hydrogen (secondary N) is 1.